The fraction of sp³-hybridized carbons (Fsp3) is 0. The standard InChI is InChI=1S/C8H4FNO.C7H4BrFO.B5/c9-8-2-1-6(5-11)3-7(8)4-10;8-6-3-5(4-10)1-2-7(6)9;1-4-5(2)3/h1-3,5H;1-4H;. The molecule has 2 aromatic carbocycles. The van der Waals surface area contributed by atoms with Crippen molar-refractivity contribution in [3.8, 4) is 6.07 Å². The van der Waals surface area contributed by atoms with Crippen LogP contribution >= 0.6 is 15.9 Å². The lowest BCUT2D eigenvalue weighted by Gasteiger charge is -1.92. The molecule has 11 heteroatoms. The van der Waals surface area contributed by atoms with Gasteiger partial charge in [-0.2, -0.15) is 5.26 Å². The molecule has 7 radical (unpaired) electrons. The lowest BCUT2D eigenvalue weighted by atomic mass is 8.97. The molecule has 0 amide bonds. The largest absolute Gasteiger partial charge is 0.298 e. The van der Waals surface area contributed by atoms with Gasteiger partial charge in [0.2, 0.25) is 0 Å². The predicted molar refractivity (Wildman–Crippen MR) is 105 cm³/mol. The molecule has 0 aromatic heterocycles. The summed E-state index contributed by atoms with van der Waals surface area (Å²) in [5, 5.41) is 8.33. The van der Waals surface area contributed by atoms with Crippen molar-refractivity contribution in [2.24, 2.45) is 0 Å². The van der Waals surface area contributed by atoms with Crippen LogP contribution in [0.2, 0.25) is 0 Å². The zero-order chi connectivity index (χ0) is 20.1. The Hall–Kier alpha value is -2.07. The van der Waals surface area contributed by atoms with E-state index in [0.717, 1.165) is 6.07 Å². The van der Waals surface area contributed by atoms with Gasteiger partial charge < -0.3 is 0 Å². The second kappa shape index (κ2) is 13.2. The zero-order valence-corrected chi connectivity index (χ0v) is 15.0. The minimum absolute atomic E-state index is 0.102. The van der Waals surface area contributed by atoms with Gasteiger partial charge in [0.15, 0.2) is 0 Å². The molecule has 2 aromatic rings. The van der Waals surface area contributed by atoms with Crippen LogP contribution in [0, 0.1) is 23.0 Å². The van der Waals surface area contributed by atoms with Gasteiger partial charge in [-0.15, -0.1) is 0 Å². The summed E-state index contributed by atoms with van der Waals surface area (Å²) in [6.45, 7) is 0. The quantitative estimate of drug-likeness (QED) is 0.579. The van der Waals surface area contributed by atoms with Crippen molar-refractivity contribution in [3.05, 3.63) is 69.2 Å². The molecule has 0 bridgehead atoms. The van der Waals surface area contributed by atoms with Gasteiger partial charge in [-0.3, -0.25) is 9.59 Å². The van der Waals surface area contributed by atoms with E-state index in [4.69, 9.17) is 28.5 Å². The number of rotatable bonds is 3. The molecule has 0 saturated carbocycles. The van der Waals surface area contributed by atoms with E-state index in [-0.39, 0.29) is 11.4 Å². The van der Waals surface area contributed by atoms with E-state index in [0.29, 0.717) is 28.2 Å². The molecular formula is C15H8B5BrF2NO2. The van der Waals surface area contributed by atoms with Gasteiger partial charge in [-0.25, -0.2) is 8.78 Å². The average molecular weight is 406 g/mol. The monoisotopic (exact) mass is 406 g/mol. The molecular weight excluding hydrogens is 398 g/mol. The number of nitrogens with zero attached hydrogens (tertiary/aromatic N) is 1. The highest BCUT2D eigenvalue weighted by atomic mass is 79.9. The maximum absolute atomic E-state index is 12.6. The van der Waals surface area contributed by atoms with Gasteiger partial charge in [0.05, 0.1) is 10.0 Å². The SMILES string of the molecule is N#Cc1cc(C=O)ccc1F.O=Cc1ccc(F)c(Br)c1.[B][B]B([B])[B]. The summed E-state index contributed by atoms with van der Waals surface area (Å²) in [6, 6.07) is 9.37. The normalized spacial score (nSPS) is 8.54. The van der Waals surface area contributed by atoms with Crippen LogP contribution in [-0.2, 0) is 0 Å². The van der Waals surface area contributed by atoms with Crippen LogP contribution in [0.1, 0.15) is 26.3 Å². The summed E-state index contributed by atoms with van der Waals surface area (Å²) < 4.78 is 25.4. The van der Waals surface area contributed by atoms with Gasteiger partial charge in [-0.05, 0) is 52.3 Å². The highest BCUT2D eigenvalue weighted by Crippen LogP contribution is 2.15. The molecule has 0 heterocycles. The summed E-state index contributed by atoms with van der Waals surface area (Å²) in [5.74, 6) is -0.955. The summed E-state index contributed by atoms with van der Waals surface area (Å²) in [5.41, 5.74) is 0.672. The van der Waals surface area contributed by atoms with E-state index in [1.54, 1.807) is 6.07 Å². The second-order valence-electron chi connectivity index (χ2n) is 4.53. The summed E-state index contributed by atoms with van der Waals surface area (Å²) in [4.78, 5) is 20.3. The molecule has 0 aliphatic heterocycles. The molecule has 0 aliphatic carbocycles. The molecule has 26 heavy (non-hydrogen) atoms. The number of carbonyl (C=O) groups excluding carboxylic acids is 2. The number of aldehydes is 2. The van der Waals surface area contributed by atoms with Crippen molar-refractivity contribution in [1.29, 1.82) is 5.26 Å². The summed E-state index contributed by atoms with van der Waals surface area (Å²) in [6.07, 6.45) is 0.778. The van der Waals surface area contributed by atoms with Crippen LogP contribution in [0.4, 0.5) is 8.78 Å². The van der Waals surface area contributed by atoms with Gasteiger partial charge in [-0.1, -0.05) is 0 Å². The maximum Gasteiger partial charge on any atom is 0.150 e. The molecule has 2 rings (SSSR count). The Balaban J connectivity index is 0.000000387. The maximum atomic E-state index is 12.6. The lowest BCUT2D eigenvalue weighted by molar-refractivity contribution is 0.111. The van der Waals surface area contributed by atoms with Crippen molar-refractivity contribution in [3.63, 3.8) is 0 Å². The van der Waals surface area contributed by atoms with E-state index in [9.17, 15) is 18.4 Å². The van der Waals surface area contributed by atoms with Crippen LogP contribution in [0.15, 0.2) is 40.9 Å². The minimum Gasteiger partial charge on any atom is -0.298 e. The number of hydrogen-bond acceptors (Lipinski definition) is 3. The van der Waals surface area contributed by atoms with Crippen molar-refractivity contribution < 1.29 is 18.4 Å². The smallest absolute Gasteiger partial charge is 0.150 e. The number of carbonyl (C=O) groups is 2. The fourth-order valence-electron chi connectivity index (χ4n) is 1.29. The molecule has 3 nitrogen and oxygen atoms in total. The Morgan fingerprint density at radius 3 is 1.88 bits per heavy atom. The van der Waals surface area contributed by atoms with E-state index >= 15 is 0 Å². The predicted octanol–water partition coefficient (Wildman–Crippen LogP) is 2.01. The number of benzene rings is 2. The third kappa shape index (κ3) is 9.43. The first kappa shape index (κ1) is 23.9. The highest BCUT2D eigenvalue weighted by molar-refractivity contribution is 9.10. The number of nitriles is 1. The van der Waals surface area contributed by atoms with Gasteiger partial charge >= 0.3 is 0 Å². The van der Waals surface area contributed by atoms with E-state index < -0.39 is 12.2 Å². The molecule has 0 unspecified atom stereocenters. The Morgan fingerprint density at radius 1 is 1.04 bits per heavy atom. The van der Waals surface area contributed by atoms with Crippen LogP contribution in [0.5, 0.6) is 0 Å². The van der Waals surface area contributed by atoms with Crippen molar-refractivity contribution in [1.82, 2.24) is 0 Å². The molecule has 0 atom stereocenters. The Bertz CT molecular complexity index is 787. The lowest BCUT2D eigenvalue weighted by Crippen LogP contribution is -2.23. The Kier molecular flexibility index (Phi) is 12.1. The first-order chi connectivity index (χ1) is 12.3. The van der Waals surface area contributed by atoms with Gasteiger partial charge in [0.1, 0.15) is 30.3 Å². The fourth-order valence-corrected chi connectivity index (χ4v) is 1.68. The van der Waals surface area contributed by atoms with Crippen LogP contribution in [0.25, 0.3) is 0 Å². The topological polar surface area (TPSA) is 57.9 Å². The Morgan fingerprint density at radius 2 is 1.50 bits per heavy atom. The van der Waals surface area contributed by atoms with Crippen molar-refractivity contribution >= 4 is 65.2 Å². The summed E-state index contributed by atoms with van der Waals surface area (Å²) in [7, 11) is 15.8. The van der Waals surface area contributed by atoms with E-state index in [2.05, 4.69) is 15.9 Å². The first-order valence-corrected chi connectivity index (χ1v) is 7.69. The van der Waals surface area contributed by atoms with E-state index in [1.165, 1.54) is 37.4 Å². The summed E-state index contributed by atoms with van der Waals surface area (Å²) >= 11 is 2.95. The van der Waals surface area contributed by atoms with Crippen LogP contribution in [0.3, 0.4) is 0 Å². The first-order valence-electron chi connectivity index (χ1n) is 6.90. The highest BCUT2D eigenvalue weighted by Gasteiger charge is 2.00. The minimum atomic E-state index is -0.599. The number of hydrogen-bond donors (Lipinski definition) is 0. The van der Waals surface area contributed by atoms with Crippen LogP contribution in [-0.4, -0.2) is 49.2 Å². The third-order valence-electron chi connectivity index (χ3n) is 2.55. The Labute approximate surface area is 164 Å². The number of halogens is 3. The van der Waals surface area contributed by atoms with Crippen molar-refractivity contribution in [2.45, 2.75) is 0 Å². The van der Waals surface area contributed by atoms with Gasteiger partial charge in [0, 0.05) is 47.8 Å². The van der Waals surface area contributed by atoms with Crippen molar-refractivity contribution in [2.75, 3.05) is 0 Å². The van der Waals surface area contributed by atoms with E-state index in [1.807, 2.05) is 0 Å². The van der Waals surface area contributed by atoms with Crippen LogP contribution < -0.4 is 0 Å². The molecule has 0 N–H and O–H groups in total. The molecule has 0 aliphatic rings. The molecule has 121 valence electrons. The average Bonchev–Trinajstić information content (AvgIpc) is 2.65. The molecule has 0 fully saturated rings. The molecule has 0 saturated heterocycles. The third-order valence-corrected chi connectivity index (χ3v) is 3.16. The van der Waals surface area contributed by atoms with Gasteiger partial charge in [0.25, 0.3) is 0 Å². The molecule has 0 spiro atoms. The second-order valence-corrected chi connectivity index (χ2v) is 5.38. The zero-order valence-electron chi connectivity index (χ0n) is 13.4.